The van der Waals surface area contributed by atoms with Gasteiger partial charge in [-0.05, 0) is 17.7 Å². The lowest BCUT2D eigenvalue weighted by Gasteiger charge is -2.18. The van der Waals surface area contributed by atoms with Crippen molar-refractivity contribution < 1.29 is 19.1 Å². The molecule has 1 rings (SSSR count). The van der Waals surface area contributed by atoms with Crippen LogP contribution < -0.4 is 0 Å². The molecule has 0 heterocycles. The van der Waals surface area contributed by atoms with Crippen LogP contribution in [0.4, 0.5) is 0 Å². The number of hydrogen-bond acceptors (Lipinski definition) is 4. The van der Waals surface area contributed by atoms with Gasteiger partial charge < -0.3 is 9.47 Å². The second kappa shape index (κ2) is 6.21. The summed E-state index contributed by atoms with van der Waals surface area (Å²) in [7, 11) is 1.23. The normalized spacial score (nSPS) is 11.5. The Bertz CT molecular complexity index is 482. The largest absolute Gasteiger partial charge is 0.466 e. The topological polar surface area (TPSA) is 52.6 Å². The van der Waals surface area contributed by atoms with E-state index >= 15 is 0 Å². The molecular formula is C13H13ClO4. The second-order valence-electron chi connectivity index (χ2n) is 3.56. The van der Waals surface area contributed by atoms with Gasteiger partial charge in [-0.25, -0.2) is 4.79 Å². The fraction of sp³-hybridized carbons (Fsp3) is 0.231. The van der Waals surface area contributed by atoms with Crippen molar-refractivity contribution in [3.63, 3.8) is 0 Å². The number of benzene rings is 1. The van der Waals surface area contributed by atoms with Crippen molar-refractivity contribution in [3.05, 3.63) is 47.0 Å². The van der Waals surface area contributed by atoms with Gasteiger partial charge in [0.2, 0.25) is 0 Å². The zero-order valence-electron chi connectivity index (χ0n) is 10.1. The molecule has 0 aliphatic heterocycles. The summed E-state index contributed by atoms with van der Waals surface area (Å²) in [5.41, 5.74) is 0.600. The molecule has 4 nitrogen and oxygen atoms in total. The van der Waals surface area contributed by atoms with Crippen LogP contribution in [0.2, 0.25) is 5.02 Å². The van der Waals surface area contributed by atoms with E-state index in [1.54, 1.807) is 24.3 Å². The molecule has 1 aromatic carbocycles. The minimum Gasteiger partial charge on any atom is -0.466 e. The Kier molecular flexibility index (Phi) is 4.92. The third-order valence-electron chi connectivity index (χ3n) is 2.20. The fourth-order valence-electron chi connectivity index (χ4n) is 1.41. The molecule has 0 aliphatic rings. The van der Waals surface area contributed by atoms with E-state index in [9.17, 15) is 9.59 Å². The molecule has 0 spiro atoms. The van der Waals surface area contributed by atoms with E-state index < -0.39 is 18.0 Å². The molecule has 18 heavy (non-hydrogen) atoms. The molecule has 0 amide bonds. The number of carbonyl (C=O) groups excluding carboxylic acids is 2. The van der Waals surface area contributed by atoms with Crippen molar-refractivity contribution in [1.82, 2.24) is 0 Å². The van der Waals surface area contributed by atoms with Gasteiger partial charge in [-0.2, -0.15) is 0 Å². The number of methoxy groups -OCH3 is 1. The molecule has 0 saturated carbocycles. The lowest BCUT2D eigenvalue weighted by atomic mass is 10.0. The smallest absolute Gasteiger partial charge is 0.337 e. The van der Waals surface area contributed by atoms with Crippen LogP contribution in [0.3, 0.4) is 0 Å². The Labute approximate surface area is 110 Å². The quantitative estimate of drug-likeness (QED) is 0.622. The van der Waals surface area contributed by atoms with Crippen LogP contribution in [0.1, 0.15) is 18.6 Å². The zero-order valence-corrected chi connectivity index (χ0v) is 10.9. The van der Waals surface area contributed by atoms with Gasteiger partial charge in [-0.3, -0.25) is 4.79 Å². The molecule has 0 bridgehead atoms. The van der Waals surface area contributed by atoms with Crippen molar-refractivity contribution in [3.8, 4) is 0 Å². The maximum Gasteiger partial charge on any atom is 0.337 e. The van der Waals surface area contributed by atoms with Crippen LogP contribution in [0.5, 0.6) is 0 Å². The molecule has 5 heteroatoms. The van der Waals surface area contributed by atoms with E-state index in [1.165, 1.54) is 14.0 Å². The predicted molar refractivity (Wildman–Crippen MR) is 67.1 cm³/mol. The lowest BCUT2D eigenvalue weighted by Crippen LogP contribution is -2.17. The van der Waals surface area contributed by atoms with Crippen LogP contribution in [0.15, 0.2) is 36.4 Å². The third-order valence-corrected chi connectivity index (χ3v) is 2.43. The lowest BCUT2D eigenvalue weighted by molar-refractivity contribution is -0.147. The van der Waals surface area contributed by atoms with Crippen molar-refractivity contribution in [2.75, 3.05) is 7.11 Å². The first-order valence-electron chi connectivity index (χ1n) is 5.15. The molecule has 0 N–H and O–H groups in total. The highest BCUT2D eigenvalue weighted by atomic mass is 35.5. The fourth-order valence-corrected chi connectivity index (χ4v) is 1.61. The van der Waals surface area contributed by atoms with Crippen LogP contribution in [-0.2, 0) is 19.1 Å². The number of rotatable bonds is 4. The summed E-state index contributed by atoms with van der Waals surface area (Å²) in [4.78, 5) is 22.5. The molecule has 0 saturated heterocycles. The molecule has 0 aromatic heterocycles. The first kappa shape index (κ1) is 14.3. The zero-order chi connectivity index (χ0) is 13.7. The summed E-state index contributed by atoms with van der Waals surface area (Å²) < 4.78 is 9.64. The van der Waals surface area contributed by atoms with Gasteiger partial charge in [0.05, 0.1) is 12.7 Å². The number of hydrogen-bond donors (Lipinski definition) is 0. The van der Waals surface area contributed by atoms with E-state index in [4.69, 9.17) is 16.3 Å². The van der Waals surface area contributed by atoms with Crippen LogP contribution in [-0.4, -0.2) is 19.0 Å². The number of ether oxygens (including phenoxy) is 2. The third kappa shape index (κ3) is 3.60. The number of esters is 2. The Balaban J connectivity index is 3.09. The number of halogens is 1. The van der Waals surface area contributed by atoms with Crippen molar-refractivity contribution in [1.29, 1.82) is 0 Å². The maximum absolute atomic E-state index is 11.4. The summed E-state index contributed by atoms with van der Waals surface area (Å²) in [6.45, 7) is 4.84. The van der Waals surface area contributed by atoms with Gasteiger partial charge in [0, 0.05) is 11.9 Å². The van der Waals surface area contributed by atoms with E-state index in [-0.39, 0.29) is 5.57 Å². The Morgan fingerprint density at radius 1 is 1.39 bits per heavy atom. The van der Waals surface area contributed by atoms with Gasteiger partial charge in [-0.1, -0.05) is 30.3 Å². The van der Waals surface area contributed by atoms with Crippen molar-refractivity contribution >= 4 is 23.5 Å². The minimum absolute atomic E-state index is 0.0370. The summed E-state index contributed by atoms with van der Waals surface area (Å²) in [5.74, 6) is -1.16. The Morgan fingerprint density at radius 2 is 2.06 bits per heavy atom. The molecule has 0 radical (unpaired) electrons. The van der Waals surface area contributed by atoms with E-state index in [0.717, 1.165) is 0 Å². The van der Waals surface area contributed by atoms with Gasteiger partial charge in [0.25, 0.3) is 0 Å². The van der Waals surface area contributed by atoms with Crippen molar-refractivity contribution in [2.45, 2.75) is 13.0 Å². The summed E-state index contributed by atoms with van der Waals surface area (Å²) in [6, 6.07) is 6.66. The van der Waals surface area contributed by atoms with Gasteiger partial charge in [0.15, 0.2) is 6.10 Å². The molecule has 1 aromatic rings. The first-order valence-corrected chi connectivity index (χ1v) is 5.53. The predicted octanol–water partition coefficient (Wildman–Crippen LogP) is 2.67. The second-order valence-corrected chi connectivity index (χ2v) is 4.00. The molecule has 1 unspecified atom stereocenters. The Hall–Kier alpha value is -1.81. The van der Waals surface area contributed by atoms with Gasteiger partial charge in [0.1, 0.15) is 0 Å². The summed E-state index contributed by atoms with van der Waals surface area (Å²) in [6.07, 6.45) is -0.895. The molecule has 0 aliphatic carbocycles. The summed E-state index contributed by atoms with van der Waals surface area (Å²) in [5, 5.41) is 0.474. The van der Waals surface area contributed by atoms with Gasteiger partial charge in [-0.15, -0.1) is 0 Å². The van der Waals surface area contributed by atoms with Gasteiger partial charge >= 0.3 is 11.9 Å². The van der Waals surface area contributed by atoms with E-state index in [0.29, 0.717) is 10.6 Å². The molecule has 96 valence electrons. The van der Waals surface area contributed by atoms with Crippen LogP contribution in [0.25, 0.3) is 0 Å². The van der Waals surface area contributed by atoms with E-state index in [2.05, 4.69) is 11.3 Å². The maximum atomic E-state index is 11.4. The average Bonchev–Trinajstić information content (AvgIpc) is 2.34. The highest BCUT2D eigenvalue weighted by Gasteiger charge is 2.24. The highest BCUT2D eigenvalue weighted by Crippen LogP contribution is 2.27. The highest BCUT2D eigenvalue weighted by molar-refractivity contribution is 6.30. The Morgan fingerprint density at radius 3 is 2.56 bits per heavy atom. The monoisotopic (exact) mass is 268 g/mol. The molecule has 0 fully saturated rings. The standard InChI is InChI=1S/C13H13ClO4/c1-8(13(16)17-3)12(18-9(2)15)10-5-4-6-11(14)7-10/h4-7,12H,1H2,2-3H3. The van der Waals surface area contributed by atoms with Crippen LogP contribution in [0, 0.1) is 0 Å². The minimum atomic E-state index is -0.895. The van der Waals surface area contributed by atoms with Crippen molar-refractivity contribution in [2.24, 2.45) is 0 Å². The SMILES string of the molecule is C=C(C(=O)OC)C(OC(C)=O)c1cccc(Cl)c1. The first-order chi connectivity index (χ1) is 8.45. The number of carbonyl (C=O) groups is 2. The average molecular weight is 269 g/mol. The van der Waals surface area contributed by atoms with Crippen LogP contribution >= 0.6 is 11.6 Å². The molecule has 1 atom stereocenters. The summed E-state index contributed by atoms with van der Waals surface area (Å²) >= 11 is 5.86. The molecular weight excluding hydrogens is 256 g/mol. The van der Waals surface area contributed by atoms with E-state index in [1.807, 2.05) is 0 Å².